The zero-order valence-corrected chi connectivity index (χ0v) is 11.8. The molecule has 0 aliphatic rings. The zero-order chi connectivity index (χ0) is 14.4. The van der Waals surface area contributed by atoms with Crippen LogP contribution in [0.4, 0.5) is 4.39 Å². The number of methoxy groups -OCH3 is 1. The Labute approximate surface area is 113 Å². The summed E-state index contributed by atoms with van der Waals surface area (Å²) in [7, 11) is 1.42. The lowest BCUT2D eigenvalue weighted by molar-refractivity contribution is -0.118. The summed E-state index contributed by atoms with van der Waals surface area (Å²) in [6, 6.07) is 4.42. The van der Waals surface area contributed by atoms with Gasteiger partial charge < -0.3 is 10.1 Å². The van der Waals surface area contributed by atoms with Crippen LogP contribution in [0.15, 0.2) is 29.8 Å². The fourth-order valence-electron chi connectivity index (χ4n) is 1.74. The summed E-state index contributed by atoms with van der Waals surface area (Å²) < 4.78 is 18.4. The molecular formula is C15H20FNO2. The average molecular weight is 265 g/mol. The highest BCUT2D eigenvalue weighted by Crippen LogP contribution is 2.21. The van der Waals surface area contributed by atoms with Crippen molar-refractivity contribution < 1.29 is 13.9 Å². The van der Waals surface area contributed by atoms with E-state index >= 15 is 0 Å². The standard InChI is InChI=1S/C15H20FNO2/c1-5-6-10(2)15(18)17-11(3)12-7-8-14(19-4)13(16)9-12/h6-9,11H,5H2,1-4H3,(H,17,18). The molecule has 0 aliphatic carbocycles. The van der Waals surface area contributed by atoms with Crippen LogP contribution in [0.5, 0.6) is 5.75 Å². The Morgan fingerprint density at radius 2 is 2.21 bits per heavy atom. The van der Waals surface area contributed by atoms with Crippen LogP contribution in [0.2, 0.25) is 0 Å². The molecule has 1 amide bonds. The third-order valence-corrected chi connectivity index (χ3v) is 2.89. The van der Waals surface area contributed by atoms with Gasteiger partial charge in [0.25, 0.3) is 0 Å². The molecule has 0 aromatic heterocycles. The summed E-state index contributed by atoms with van der Waals surface area (Å²) in [4.78, 5) is 11.8. The molecule has 104 valence electrons. The summed E-state index contributed by atoms with van der Waals surface area (Å²) in [5.74, 6) is -0.364. The first-order chi connectivity index (χ1) is 8.99. The molecule has 1 aromatic rings. The van der Waals surface area contributed by atoms with E-state index in [0.717, 1.165) is 6.42 Å². The summed E-state index contributed by atoms with van der Waals surface area (Å²) >= 11 is 0. The van der Waals surface area contributed by atoms with Crippen LogP contribution in [0.25, 0.3) is 0 Å². The Morgan fingerprint density at radius 3 is 2.74 bits per heavy atom. The molecule has 4 heteroatoms. The number of benzene rings is 1. The molecule has 3 nitrogen and oxygen atoms in total. The number of hydrogen-bond donors (Lipinski definition) is 1. The second kappa shape index (κ2) is 6.92. The smallest absolute Gasteiger partial charge is 0.247 e. The van der Waals surface area contributed by atoms with Gasteiger partial charge in [-0.1, -0.05) is 19.1 Å². The van der Waals surface area contributed by atoms with Gasteiger partial charge in [0.1, 0.15) is 0 Å². The van der Waals surface area contributed by atoms with E-state index in [1.165, 1.54) is 13.2 Å². The van der Waals surface area contributed by atoms with Crippen LogP contribution in [0.1, 0.15) is 38.8 Å². The molecule has 1 unspecified atom stereocenters. The van der Waals surface area contributed by atoms with Crippen molar-refractivity contribution in [2.75, 3.05) is 7.11 Å². The maximum Gasteiger partial charge on any atom is 0.247 e. The minimum atomic E-state index is -0.429. The Kier molecular flexibility index (Phi) is 5.55. The van der Waals surface area contributed by atoms with Crippen LogP contribution in [0, 0.1) is 5.82 Å². The van der Waals surface area contributed by atoms with Crippen molar-refractivity contribution in [2.24, 2.45) is 0 Å². The van der Waals surface area contributed by atoms with E-state index in [4.69, 9.17) is 4.74 Å². The third-order valence-electron chi connectivity index (χ3n) is 2.89. The van der Waals surface area contributed by atoms with E-state index in [1.807, 2.05) is 19.9 Å². The Bertz CT molecular complexity index is 483. The number of allylic oxidation sites excluding steroid dienone is 1. The Hall–Kier alpha value is -1.84. The van der Waals surface area contributed by atoms with E-state index in [2.05, 4.69) is 5.32 Å². The summed E-state index contributed by atoms with van der Waals surface area (Å²) in [6.07, 6.45) is 2.67. The van der Waals surface area contributed by atoms with E-state index in [0.29, 0.717) is 11.1 Å². The highest BCUT2D eigenvalue weighted by atomic mass is 19.1. The number of halogens is 1. The topological polar surface area (TPSA) is 38.3 Å². The molecule has 0 spiro atoms. The lowest BCUT2D eigenvalue weighted by Crippen LogP contribution is -2.27. The fraction of sp³-hybridized carbons (Fsp3) is 0.400. The first-order valence-electron chi connectivity index (χ1n) is 6.30. The average Bonchev–Trinajstić information content (AvgIpc) is 2.38. The number of amides is 1. The van der Waals surface area contributed by atoms with Crippen molar-refractivity contribution in [1.82, 2.24) is 5.32 Å². The monoisotopic (exact) mass is 265 g/mol. The molecule has 19 heavy (non-hydrogen) atoms. The van der Waals surface area contributed by atoms with Gasteiger partial charge in [0.15, 0.2) is 11.6 Å². The van der Waals surface area contributed by atoms with Crippen LogP contribution in [0.3, 0.4) is 0 Å². The van der Waals surface area contributed by atoms with Gasteiger partial charge in [0, 0.05) is 5.57 Å². The normalized spacial score (nSPS) is 13.0. The maximum absolute atomic E-state index is 13.6. The van der Waals surface area contributed by atoms with Crippen LogP contribution < -0.4 is 10.1 Å². The van der Waals surface area contributed by atoms with Crippen LogP contribution >= 0.6 is 0 Å². The molecule has 0 bridgehead atoms. The van der Waals surface area contributed by atoms with Gasteiger partial charge in [0.05, 0.1) is 13.2 Å². The largest absolute Gasteiger partial charge is 0.494 e. The number of ether oxygens (including phenoxy) is 1. The second-order valence-corrected chi connectivity index (χ2v) is 4.38. The fourth-order valence-corrected chi connectivity index (χ4v) is 1.74. The molecule has 0 heterocycles. The maximum atomic E-state index is 13.6. The summed E-state index contributed by atoms with van der Waals surface area (Å²) in [5.41, 5.74) is 1.37. The third kappa shape index (κ3) is 4.09. The van der Waals surface area contributed by atoms with Gasteiger partial charge in [-0.2, -0.15) is 0 Å². The van der Waals surface area contributed by atoms with Crippen molar-refractivity contribution in [3.05, 3.63) is 41.2 Å². The molecule has 1 aromatic carbocycles. The number of carbonyl (C=O) groups excluding carboxylic acids is 1. The Balaban J connectivity index is 2.78. The molecule has 1 atom stereocenters. The lowest BCUT2D eigenvalue weighted by Gasteiger charge is -2.15. The molecule has 0 saturated carbocycles. The first-order valence-corrected chi connectivity index (χ1v) is 6.30. The molecule has 1 N–H and O–H groups in total. The highest BCUT2D eigenvalue weighted by molar-refractivity contribution is 5.92. The van der Waals surface area contributed by atoms with Gasteiger partial charge >= 0.3 is 0 Å². The van der Waals surface area contributed by atoms with Crippen molar-refractivity contribution in [3.8, 4) is 5.75 Å². The van der Waals surface area contributed by atoms with Crippen molar-refractivity contribution in [2.45, 2.75) is 33.2 Å². The zero-order valence-electron chi connectivity index (χ0n) is 11.8. The minimum absolute atomic E-state index is 0.134. The van der Waals surface area contributed by atoms with E-state index in [-0.39, 0.29) is 17.7 Å². The van der Waals surface area contributed by atoms with E-state index < -0.39 is 5.82 Å². The molecular weight excluding hydrogens is 245 g/mol. The number of hydrogen-bond acceptors (Lipinski definition) is 2. The SMILES string of the molecule is CCC=C(C)C(=O)NC(C)c1ccc(OC)c(F)c1. The molecule has 0 fully saturated rings. The van der Waals surface area contributed by atoms with E-state index in [9.17, 15) is 9.18 Å². The quantitative estimate of drug-likeness (QED) is 0.829. The van der Waals surface area contributed by atoms with E-state index in [1.54, 1.807) is 19.1 Å². The number of carbonyl (C=O) groups is 1. The van der Waals surface area contributed by atoms with Gasteiger partial charge in [-0.05, 0) is 38.0 Å². The first kappa shape index (κ1) is 15.2. The highest BCUT2D eigenvalue weighted by Gasteiger charge is 2.12. The second-order valence-electron chi connectivity index (χ2n) is 4.38. The van der Waals surface area contributed by atoms with Gasteiger partial charge in [-0.15, -0.1) is 0 Å². The molecule has 0 radical (unpaired) electrons. The number of nitrogens with one attached hydrogen (secondary N) is 1. The summed E-state index contributed by atoms with van der Waals surface area (Å²) in [5, 5.41) is 2.83. The van der Waals surface area contributed by atoms with Gasteiger partial charge in [-0.3, -0.25) is 4.79 Å². The van der Waals surface area contributed by atoms with Gasteiger partial charge in [-0.25, -0.2) is 4.39 Å². The van der Waals surface area contributed by atoms with Crippen molar-refractivity contribution >= 4 is 5.91 Å². The summed E-state index contributed by atoms with van der Waals surface area (Å²) in [6.45, 7) is 5.55. The van der Waals surface area contributed by atoms with Crippen molar-refractivity contribution in [1.29, 1.82) is 0 Å². The lowest BCUT2D eigenvalue weighted by atomic mass is 10.1. The molecule has 0 aliphatic heterocycles. The van der Waals surface area contributed by atoms with Gasteiger partial charge in [0.2, 0.25) is 5.91 Å². The van der Waals surface area contributed by atoms with Crippen LogP contribution in [-0.4, -0.2) is 13.0 Å². The minimum Gasteiger partial charge on any atom is -0.494 e. The predicted molar refractivity (Wildman–Crippen MR) is 73.6 cm³/mol. The van der Waals surface area contributed by atoms with Crippen molar-refractivity contribution in [3.63, 3.8) is 0 Å². The molecule has 1 rings (SSSR count). The van der Waals surface area contributed by atoms with Crippen LogP contribution in [-0.2, 0) is 4.79 Å². The predicted octanol–water partition coefficient (Wildman–Crippen LogP) is 3.37. The number of rotatable bonds is 5. The Morgan fingerprint density at radius 1 is 1.53 bits per heavy atom. The molecule has 0 saturated heterocycles.